The van der Waals surface area contributed by atoms with Crippen molar-refractivity contribution in [2.24, 2.45) is 11.3 Å². The van der Waals surface area contributed by atoms with Crippen LogP contribution >= 0.6 is 0 Å². The van der Waals surface area contributed by atoms with Gasteiger partial charge in [-0.3, -0.25) is 14.2 Å². The Bertz CT molecular complexity index is 1160. The summed E-state index contributed by atoms with van der Waals surface area (Å²) in [7, 11) is 0. The van der Waals surface area contributed by atoms with Crippen LogP contribution < -0.4 is 5.56 Å². The summed E-state index contributed by atoms with van der Waals surface area (Å²) in [4.78, 5) is 30.8. The Morgan fingerprint density at radius 2 is 1.65 bits per heavy atom. The van der Waals surface area contributed by atoms with Crippen molar-refractivity contribution < 1.29 is 36.2 Å². The lowest BCUT2D eigenvalue weighted by molar-refractivity contribution is -0.285. The van der Waals surface area contributed by atoms with E-state index in [0.717, 1.165) is 10.5 Å². The van der Waals surface area contributed by atoms with Gasteiger partial charge in [-0.05, 0) is 19.3 Å². The fourth-order valence-corrected chi connectivity index (χ4v) is 5.63. The lowest BCUT2D eigenvalue weighted by Crippen LogP contribution is -2.62. The van der Waals surface area contributed by atoms with Crippen molar-refractivity contribution in [3.63, 3.8) is 0 Å². The van der Waals surface area contributed by atoms with E-state index in [4.69, 9.17) is 0 Å². The Hall–Kier alpha value is -2.89. The zero-order chi connectivity index (χ0) is 27.1. The van der Waals surface area contributed by atoms with Gasteiger partial charge in [-0.15, -0.1) is 0 Å². The molecule has 1 aliphatic heterocycles. The number of aliphatic hydroxyl groups is 1. The van der Waals surface area contributed by atoms with E-state index in [0.29, 0.717) is 31.4 Å². The number of nitrogens with zero attached hydrogens (tertiary/aromatic N) is 3. The molecule has 6 nitrogen and oxygen atoms in total. The Balaban J connectivity index is 1.54. The number of likely N-dealkylation sites (tertiary alicyclic amines) is 1. The van der Waals surface area contributed by atoms with Crippen molar-refractivity contribution in [2.45, 2.75) is 63.0 Å². The summed E-state index contributed by atoms with van der Waals surface area (Å²) in [6.07, 6.45) is -9.49. The number of benzene rings is 1. The Labute approximate surface area is 208 Å². The van der Waals surface area contributed by atoms with Crippen LogP contribution in [0, 0.1) is 11.3 Å². The first-order chi connectivity index (χ1) is 17.2. The molecule has 0 bridgehead atoms. The van der Waals surface area contributed by atoms with Crippen LogP contribution in [0.15, 0.2) is 47.5 Å². The molecule has 2 fully saturated rings. The van der Waals surface area contributed by atoms with E-state index in [9.17, 15) is 41.0 Å². The third-order valence-corrected chi connectivity index (χ3v) is 7.74. The lowest BCUT2D eigenvalue weighted by atomic mass is 9.65. The number of aromatic nitrogens is 2. The number of piperidine rings is 1. The Morgan fingerprint density at radius 1 is 1.03 bits per heavy atom. The van der Waals surface area contributed by atoms with E-state index in [1.54, 1.807) is 24.3 Å². The number of rotatable bonds is 5. The number of amides is 1. The molecule has 1 N–H and O–H groups in total. The molecule has 202 valence electrons. The normalized spacial score (nSPS) is 22.1. The molecule has 1 spiro atoms. The standard InChI is InChI=1S/C25H27F6N3O3/c26-24(27,28)19(25(29,30)31)13-21(36)33-11-10-23(37,22(14-33)8-4-5-9-22)15-34-16-32-18(12-20(34)35)17-6-2-1-3-7-17/h1-3,6-7,12,16,19,37H,4-5,8-11,13-15H2/t23-/m1/s1. The van der Waals surface area contributed by atoms with Crippen LogP contribution in [0.1, 0.15) is 38.5 Å². The van der Waals surface area contributed by atoms with Gasteiger partial charge < -0.3 is 10.0 Å². The molecule has 4 rings (SSSR count). The zero-order valence-corrected chi connectivity index (χ0v) is 19.9. The number of carbonyl (C=O) groups excluding carboxylic acids is 1. The van der Waals surface area contributed by atoms with Gasteiger partial charge in [-0.2, -0.15) is 26.3 Å². The summed E-state index contributed by atoms with van der Waals surface area (Å²) in [5.74, 6) is -5.00. The van der Waals surface area contributed by atoms with Gasteiger partial charge in [0.1, 0.15) is 0 Å². The van der Waals surface area contributed by atoms with Crippen molar-refractivity contribution in [2.75, 3.05) is 13.1 Å². The molecular weight excluding hydrogens is 504 g/mol. The van der Waals surface area contributed by atoms with E-state index in [1.165, 1.54) is 17.0 Å². The number of hydrogen-bond donors (Lipinski definition) is 1. The average Bonchev–Trinajstić information content (AvgIpc) is 3.30. The summed E-state index contributed by atoms with van der Waals surface area (Å²) >= 11 is 0. The van der Waals surface area contributed by atoms with Gasteiger partial charge in [0.15, 0.2) is 5.92 Å². The summed E-state index contributed by atoms with van der Waals surface area (Å²) in [6.45, 7) is -0.539. The summed E-state index contributed by atoms with van der Waals surface area (Å²) in [5, 5.41) is 11.7. The first kappa shape index (κ1) is 27.2. The molecule has 1 aromatic heterocycles. The Morgan fingerprint density at radius 3 is 2.22 bits per heavy atom. The molecule has 1 aromatic carbocycles. The molecule has 1 amide bonds. The fraction of sp³-hybridized carbons (Fsp3) is 0.560. The minimum atomic E-state index is -5.60. The molecule has 1 aliphatic carbocycles. The van der Waals surface area contributed by atoms with Gasteiger partial charge in [0, 0.05) is 36.6 Å². The van der Waals surface area contributed by atoms with Crippen molar-refractivity contribution in [1.82, 2.24) is 14.5 Å². The number of hydrogen-bond acceptors (Lipinski definition) is 4. The van der Waals surface area contributed by atoms with Gasteiger partial charge in [-0.25, -0.2) is 4.98 Å². The van der Waals surface area contributed by atoms with Crippen molar-refractivity contribution >= 4 is 5.91 Å². The van der Waals surface area contributed by atoms with Crippen LogP contribution in [0.3, 0.4) is 0 Å². The SMILES string of the molecule is O=C(CC(C(F)(F)F)C(F)(F)F)N1CC[C@@](O)(Cn2cnc(-c3ccccc3)cc2=O)C2(CCCC2)C1. The van der Waals surface area contributed by atoms with Gasteiger partial charge in [0.05, 0.1) is 24.2 Å². The van der Waals surface area contributed by atoms with Gasteiger partial charge in [-0.1, -0.05) is 43.2 Å². The second-order valence-electron chi connectivity index (χ2n) is 10.0. The van der Waals surface area contributed by atoms with Gasteiger partial charge in [0.25, 0.3) is 5.56 Å². The molecule has 1 saturated carbocycles. The van der Waals surface area contributed by atoms with Gasteiger partial charge >= 0.3 is 12.4 Å². The van der Waals surface area contributed by atoms with Gasteiger partial charge in [0.2, 0.25) is 5.91 Å². The smallest absolute Gasteiger partial charge is 0.387 e. The fourth-order valence-electron chi connectivity index (χ4n) is 5.63. The van der Waals surface area contributed by atoms with Crippen LogP contribution in [0.25, 0.3) is 11.3 Å². The molecule has 37 heavy (non-hydrogen) atoms. The molecule has 2 heterocycles. The van der Waals surface area contributed by atoms with Crippen LogP contribution in [-0.4, -0.2) is 56.5 Å². The number of carbonyl (C=O) groups is 1. The quantitative estimate of drug-likeness (QED) is 0.574. The molecule has 2 aliphatic rings. The molecular formula is C25H27F6N3O3. The maximum absolute atomic E-state index is 13.0. The van der Waals surface area contributed by atoms with E-state index in [2.05, 4.69) is 4.98 Å². The summed E-state index contributed by atoms with van der Waals surface area (Å²) < 4.78 is 79.3. The van der Waals surface area contributed by atoms with E-state index in [-0.39, 0.29) is 26.1 Å². The topological polar surface area (TPSA) is 75.4 Å². The predicted octanol–water partition coefficient (Wildman–Crippen LogP) is 4.57. The molecule has 0 radical (unpaired) electrons. The van der Waals surface area contributed by atoms with E-state index in [1.807, 2.05) is 6.07 Å². The minimum absolute atomic E-state index is 0.0890. The maximum Gasteiger partial charge on any atom is 0.400 e. The third kappa shape index (κ3) is 5.53. The van der Waals surface area contributed by atoms with Crippen molar-refractivity contribution in [3.05, 3.63) is 53.1 Å². The highest BCUT2D eigenvalue weighted by molar-refractivity contribution is 5.77. The monoisotopic (exact) mass is 531 g/mol. The highest BCUT2D eigenvalue weighted by Crippen LogP contribution is 2.52. The van der Waals surface area contributed by atoms with Crippen molar-refractivity contribution in [1.29, 1.82) is 0 Å². The highest BCUT2D eigenvalue weighted by atomic mass is 19.4. The molecule has 12 heteroatoms. The number of alkyl halides is 6. The second kappa shape index (κ2) is 9.77. The third-order valence-electron chi connectivity index (χ3n) is 7.74. The van der Waals surface area contributed by atoms with E-state index < -0.39 is 47.2 Å². The largest absolute Gasteiger partial charge is 0.400 e. The summed E-state index contributed by atoms with van der Waals surface area (Å²) in [6, 6.07) is 10.4. The molecule has 2 aromatic rings. The Kier molecular flexibility index (Phi) is 7.17. The van der Waals surface area contributed by atoms with Crippen LogP contribution in [0.2, 0.25) is 0 Å². The summed E-state index contributed by atoms with van der Waals surface area (Å²) in [5.41, 5.74) is -1.67. The molecule has 0 unspecified atom stereocenters. The maximum atomic E-state index is 13.0. The highest BCUT2D eigenvalue weighted by Gasteiger charge is 2.59. The second-order valence-corrected chi connectivity index (χ2v) is 10.0. The zero-order valence-electron chi connectivity index (χ0n) is 19.9. The first-order valence-corrected chi connectivity index (χ1v) is 12.0. The average molecular weight is 531 g/mol. The number of halogens is 6. The minimum Gasteiger partial charge on any atom is -0.387 e. The van der Waals surface area contributed by atoms with Crippen LogP contribution in [0.5, 0.6) is 0 Å². The first-order valence-electron chi connectivity index (χ1n) is 12.0. The lowest BCUT2D eigenvalue weighted by Gasteiger charge is -2.52. The van der Waals surface area contributed by atoms with Crippen LogP contribution in [-0.2, 0) is 11.3 Å². The predicted molar refractivity (Wildman–Crippen MR) is 121 cm³/mol. The van der Waals surface area contributed by atoms with Crippen LogP contribution in [0.4, 0.5) is 26.3 Å². The van der Waals surface area contributed by atoms with Crippen molar-refractivity contribution in [3.8, 4) is 11.3 Å². The molecule has 1 atom stereocenters. The molecule has 1 saturated heterocycles. The van der Waals surface area contributed by atoms with E-state index >= 15 is 0 Å².